The van der Waals surface area contributed by atoms with Gasteiger partial charge in [0.1, 0.15) is 22.9 Å². The highest BCUT2D eigenvalue weighted by molar-refractivity contribution is 5.94. The summed E-state index contributed by atoms with van der Waals surface area (Å²) in [5, 5.41) is 0. The van der Waals surface area contributed by atoms with E-state index in [0.29, 0.717) is 22.6 Å². The number of methoxy groups -OCH3 is 1. The van der Waals surface area contributed by atoms with Crippen molar-refractivity contribution in [2.75, 3.05) is 7.11 Å². The van der Waals surface area contributed by atoms with E-state index in [0.717, 1.165) is 0 Å². The number of hydrogen-bond donors (Lipinski definition) is 0. The SMILES string of the molecule is COC(=O)c1c(C)oc(C)c1CC(C)=O. The highest BCUT2D eigenvalue weighted by atomic mass is 16.5. The summed E-state index contributed by atoms with van der Waals surface area (Å²) in [6, 6.07) is 0. The second-order valence-electron chi connectivity index (χ2n) is 3.44. The third-order valence-electron chi connectivity index (χ3n) is 2.20. The molecule has 0 amide bonds. The van der Waals surface area contributed by atoms with Gasteiger partial charge in [-0.25, -0.2) is 4.79 Å². The zero-order valence-electron chi connectivity index (χ0n) is 9.34. The van der Waals surface area contributed by atoms with Crippen LogP contribution in [0.2, 0.25) is 0 Å². The van der Waals surface area contributed by atoms with E-state index in [1.54, 1.807) is 13.8 Å². The van der Waals surface area contributed by atoms with Gasteiger partial charge in [0.25, 0.3) is 0 Å². The number of esters is 1. The average molecular weight is 210 g/mol. The lowest BCUT2D eigenvalue weighted by Gasteiger charge is -2.00. The molecule has 0 atom stereocenters. The highest BCUT2D eigenvalue weighted by Crippen LogP contribution is 2.23. The minimum atomic E-state index is -0.458. The van der Waals surface area contributed by atoms with Crippen LogP contribution in [-0.2, 0) is 16.0 Å². The van der Waals surface area contributed by atoms with Gasteiger partial charge in [0.15, 0.2) is 0 Å². The number of carbonyl (C=O) groups excluding carboxylic acids is 2. The topological polar surface area (TPSA) is 56.5 Å². The number of ketones is 1. The Morgan fingerprint density at radius 3 is 2.33 bits per heavy atom. The first-order valence-electron chi connectivity index (χ1n) is 4.64. The molecule has 82 valence electrons. The molecule has 0 bridgehead atoms. The Balaban J connectivity index is 3.22. The van der Waals surface area contributed by atoms with Gasteiger partial charge in [-0.3, -0.25) is 4.79 Å². The quantitative estimate of drug-likeness (QED) is 0.714. The maximum absolute atomic E-state index is 11.5. The summed E-state index contributed by atoms with van der Waals surface area (Å²) >= 11 is 0. The molecule has 4 heteroatoms. The fraction of sp³-hybridized carbons (Fsp3) is 0.455. The van der Waals surface area contributed by atoms with Crippen LogP contribution in [-0.4, -0.2) is 18.9 Å². The summed E-state index contributed by atoms with van der Waals surface area (Å²) in [5.74, 6) is 0.628. The van der Waals surface area contributed by atoms with Gasteiger partial charge in [-0.05, 0) is 20.8 Å². The molecule has 0 radical (unpaired) electrons. The normalized spacial score (nSPS) is 10.1. The van der Waals surface area contributed by atoms with Crippen molar-refractivity contribution < 1.29 is 18.7 Å². The van der Waals surface area contributed by atoms with Crippen molar-refractivity contribution in [3.05, 3.63) is 22.6 Å². The van der Waals surface area contributed by atoms with Crippen molar-refractivity contribution >= 4 is 11.8 Å². The molecule has 0 aliphatic carbocycles. The molecule has 1 heterocycles. The molecule has 0 spiro atoms. The number of rotatable bonds is 3. The van der Waals surface area contributed by atoms with E-state index >= 15 is 0 Å². The van der Waals surface area contributed by atoms with Gasteiger partial charge in [0, 0.05) is 12.0 Å². The molecule has 1 aromatic rings. The van der Waals surface area contributed by atoms with Gasteiger partial charge >= 0.3 is 5.97 Å². The molecule has 0 aliphatic rings. The van der Waals surface area contributed by atoms with Crippen molar-refractivity contribution in [1.29, 1.82) is 0 Å². The standard InChI is InChI=1S/C11H14O4/c1-6(12)5-9-7(2)15-8(3)10(9)11(13)14-4/h5H2,1-4H3. The maximum atomic E-state index is 11.5. The first-order valence-corrected chi connectivity index (χ1v) is 4.64. The van der Waals surface area contributed by atoms with Gasteiger partial charge in [-0.1, -0.05) is 0 Å². The Hall–Kier alpha value is -1.58. The smallest absolute Gasteiger partial charge is 0.341 e. The molecule has 1 aromatic heterocycles. The Morgan fingerprint density at radius 2 is 1.87 bits per heavy atom. The molecule has 0 saturated heterocycles. The fourth-order valence-electron chi connectivity index (χ4n) is 1.56. The third-order valence-corrected chi connectivity index (χ3v) is 2.20. The minimum absolute atomic E-state index is 0.0101. The number of furan rings is 1. The number of ether oxygens (including phenoxy) is 1. The van der Waals surface area contributed by atoms with Crippen LogP contribution in [0.5, 0.6) is 0 Å². The summed E-state index contributed by atoms with van der Waals surface area (Å²) in [7, 11) is 1.31. The van der Waals surface area contributed by atoms with E-state index in [4.69, 9.17) is 4.42 Å². The predicted octanol–water partition coefficient (Wildman–Crippen LogP) is 1.81. The first-order chi connectivity index (χ1) is 6.97. The van der Waals surface area contributed by atoms with Crippen LogP contribution < -0.4 is 0 Å². The molecular weight excluding hydrogens is 196 g/mol. The van der Waals surface area contributed by atoms with E-state index in [9.17, 15) is 9.59 Å². The summed E-state index contributed by atoms with van der Waals surface area (Å²) in [5.41, 5.74) is 1.01. The Kier molecular flexibility index (Phi) is 3.29. The Morgan fingerprint density at radius 1 is 1.27 bits per heavy atom. The van der Waals surface area contributed by atoms with Gasteiger partial charge in [0.05, 0.1) is 7.11 Å². The average Bonchev–Trinajstić information content (AvgIpc) is 2.40. The highest BCUT2D eigenvalue weighted by Gasteiger charge is 2.22. The molecule has 4 nitrogen and oxygen atoms in total. The summed E-state index contributed by atoms with van der Waals surface area (Å²) < 4.78 is 9.96. The van der Waals surface area contributed by atoms with Crippen molar-refractivity contribution in [2.45, 2.75) is 27.2 Å². The predicted molar refractivity (Wildman–Crippen MR) is 53.9 cm³/mol. The van der Waals surface area contributed by atoms with E-state index in [1.807, 2.05) is 0 Å². The number of Topliss-reactive ketones (excluding diaryl/α,β-unsaturated/α-hetero) is 1. The van der Waals surface area contributed by atoms with Crippen LogP contribution >= 0.6 is 0 Å². The van der Waals surface area contributed by atoms with Crippen molar-refractivity contribution in [3.8, 4) is 0 Å². The largest absolute Gasteiger partial charge is 0.465 e. The molecule has 0 unspecified atom stereocenters. The van der Waals surface area contributed by atoms with Crippen LogP contribution in [0, 0.1) is 13.8 Å². The second-order valence-corrected chi connectivity index (χ2v) is 3.44. The van der Waals surface area contributed by atoms with Crippen LogP contribution in [0.4, 0.5) is 0 Å². The summed E-state index contributed by atoms with van der Waals surface area (Å²) in [6.07, 6.45) is 0.202. The zero-order chi connectivity index (χ0) is 11.6. The molecule has 0 saturated carbocycles. The van der Waals surface area contributed by atoms with E-state index in [2.05, 4.69) is 4.74 Å². The van der Waals surface area contributed by atoms with Gasteiger partial charge in [0.2, 0.25) is 0 Å². The van der Waals surface area contributed by atoms with Crippen LogP contribution in [0.1, 0.15) is 34.4 Å². The van der Waals surface area contributed by atoms with Gasteiger partial charge in [-0.2, -0.15) is 0 Å². The molecule has 0 aromatic carbocycles. The van der Waals surface area contributed by atoms with Crippen molar-refractivity contribution in [1.82, 2.24) is 0 Å². The molecule has 1 rings (SSSR count). The lowest BCUT2D eigenvalue weighted by atomic mass is 10.0. The fourth-order valence-corrected chi connectivity index (χ4v) is 1.56. The zero-order valence-corrected chi connectivity index (χ0v) is 9.34. The number of carbonyl (C=O) groups is 2. The minimum Gasteiger partial charge on any atom is -0.465 e. The Bertz CT molecular complexity index is 401. The van der Waals surface area contributed by atoms with Crippen LogP contribution in [0.15, 0.2) is 4.42 Å². The van der Waals surface area contributed by atoms with E-state index < -0.39 is 5.97 Å². The van der Waals surface area contributed by atoms with Crippen LogP contribution in [0.3, 0.4) is 0 Å². The monoisotopic (exact) mass is 210 g/mol. The number of aryl methyl sites for hydroxylation is 2. The Labute approximate surface area is 88.2 Å². The maximum Gasteiger partial charge on any atom is 0.341 e. The molecule has 15 heavy (non-hydrogen) atoms. The van der Waals surface area contributed by atoms with Gasteiger partial charge < -0.3 is 9.15 Å². The van der Waals surface area contributed by atoms with E-state index in [-0.39, 0.29) is 12.2 Å². The lowest BCUT2D eigenvalue weighted by Crippen LogP contribution is -2.08. The lowest BCUT2D eigenvalue weighted by molar-refractivity contribution is -0.116. The summed E-state index contributed by atoms with van der Waals surface area (Å²) in [6.45, 7) is 4.89. The first kappa shape index (κ1) is 11.5. The molecular formula is C11H14O4. The van der Waals surface area contributed by atoms with Gasteiger partial charge in [-0.15, -0.1) is 0 Å². The second kappa shape index (κ2) is 4.29. The van der Waals surface area contributed by atoms with E-state index in [1.165, 1.54) is 14.0 Å². The molecule has 0 aliphatic heterocycles. The summed E-state index contributed by atoms with van der Waals surface area (Å²) in [4.78, 5) is 22.5. The number of hydrogen-bond acceptors (Lipinski definition) is 4. The van der Waals surface area contributed by atoms with Crippen molar-refractivity contribution in [2.24, 2.45) is 0 Å². The van der Waals surface area contributed by atoms with Crippen molar-refractivity contribution in [3.63, 3.8) is 0 Å². The molecule has 0 fully saturated rings. The molecule has 0 N–H and O–H groups in total. The van der Waals surface area contributed by atoms with Crippen LogP contribution in [0.25, 0.3) is 0 Å². The third kappa shape index (κ3) is 2.26.